The summed E-state index contributed by atoms with van der Waals surface area (Å²) in [6.45, 7) is -0.447. The normalized spacial score (nSPS) is 16.5. The third-order valence-electron chi connectivity index (χ3n) is 7.08. The molecule has 1 aliphatic carbocycles. The number of pyridine rings is 1. The molecule has 0 radical (unpaired) electrons. The number of nitrogens with zero attached hydrogens (tertiary/aromatic N) is 3. The number of nitriles is 1. The molecular weight excluding hydrogens is 542 g/mol. The predicted molar refractivity (Wildman–Crippen MR) is 151 cm³/mol. The molecule has 1 aromatic heterocycles. The van der Waals surface area contributed by atoms with Crippen LogP contribution >= 0.6 is 11.8 Å². The Morgan fingerprint density at radius 3 is 2.59 bits per heavy atom. The average molecular weight is 570 g/mol. The van der Waals surface area contributed by atoms with E-state index in [9.17, 15) is 24.4 Å². The second-order valence-corrected chi connectivity index (χ2v) is 11.0. The van der Waals surface area contributed by atoms with Gasteiger partial charge in [-0.05, 0) is 73.7 Å². The largest absolute Gasteiger partial charge is 0.497 e. The van der Waals surface area contributed by atoms with Crippen LogP contribution in [0, 0.1) is 11.3 Å². The summed E-state index contributed by atoms with van der Waals surface area (Å²) in [6.07, 6.45) is 4.91. The first-order chi connectivity index (χ1) is 19.9. The number of esters is 1. The van der Waals surface area contributed by atoms with Crippen molar-refractivity contribution in [2.45, 2.75) is 48.8 Å². The van der Waals surface area contributed by atoms with Crippen LogP contribution in [0.3, 0.4) is 0 Å². The number of hydrogen-bond donors (Lipinski definition) is 0. The number of aryl methyl sites for hydroxylation is 2. The van der Waals surface area contributed by atoms with Gasteiger partial charge in [0.1, 0.15) is 16.8 Å². The summed E-state index contributed by atoms with van der Waals surface area (Å²) < 4.78 is 10.3. The van der Waals surface area contributed by atoms with Gasteiger partial charge in [-0.2, -0.15) is 5.26 Å². The summed E-state index contributed by atoms with van der Waals surface area (Å²) in [7, 11) is 1.49. The van der Waals surface area contributed by atoms with Crippen molar-refractivity contribution in [2.24, 2.45) is 0 Å². The third-order valence-corrected chi connectivity index (χ3v) is 8.27. The minimum absolute atomic E-state index is 0.0245. The highest BCUT2D eigenvalue weighted by Crippen LogP contribution is 2.36. The molecule has 9 nitrogen and oxygen atoms in total. The molecule has 2 heterocycles. The predicted octanol–water partition coefficient (Wildman–Crippen LogP) is 4.69. The Morgan fingerprint density at radius 2 is 1.83 bits per heavy atom. The Balaban J connectivity index is 1.24. The highest BCUT2D eigenvalue weighted by Gasteiger charge is 2.41. The minimum Gasteiger partial charge on any atom is -0.497 e. The van der Waals surface area contributed by atoms with Crippen molar-refractivity contribution in [1.82, 2.24) is 4.98 Å². The number of thioether (sulfide) groups is 1. The van der Waals surface area contributed by atoms with Crippen LogP contribution in [0.15, 0.2) is 59.6 Å². The van der Waals surface area contributed by atoms with Crippen molar-refractivity contribution in [1.29, 1.82) is 5.26 Å². The molecule has 1 aliphatic heterocycles. The number of fused-ring (bicyclic) bond motifs is 1. The summed E-state index contributed by atoms with van der Waals surface area (Å²) in [6, 6.07) is 16.5. The summed E-state index contributed by atoms with van der Waals surface area (Å²) >= 11 is 1.15. The molecule has 2 aliphatic rings. The van der Waals surface area contributed by atoms with E-state index in [1.54, 1.807) is 24.3 Å². The quantitative estimate of drug-likeness (QED) is 0.164. The monoisotopic (exact) mass is 569 g/mol. The molecular formula is C31H27N3O6S. The number of rotatable bonds is 8. The first kappa shape index (κ1) is 28.1. The van der Waals surface area contributed by atoms with Crippen LogP contribution in [-0.4, -0.2) is 47.5 Å². The molecule has 2 amide bonds. The third kappa shape index (κ3) is 6.15. The van der Waals surface area contributed by atoms with Gasteiger partial charge in [0.05, 0.1) is 29.2 Å². The van der Waals surface area contributed by atoms with Crippen LogP contribution in [0.1, 0.15) is 63.2 Å². The van der Waals surface area contributed by atoms with Gasteiger partial charge in [0.15, 0.2) is 12.4 Å². The highest BCUT2D eigenvalue weighted by atomic mass is 32.2. The van der Waals surface area contributed by atoms with Crippen LogP contribution in [0.2, 0.25) is 0 Å². The zero-order valence-electron chi connectivity index (χ0n) is 22.4. The molecule has 0 N–H and O–H groups in total. The zero-order chi connectivity index (χ0) is 28.9. The van der Waals surface area contributed by atoms with E-state index >= 15 is 0 Å². The topological polar surface area (TPSA) is 127 Å². The fraction of sp³-hybridized carbons (Fsp3) is 0.290. The van der Waals surface area contributed by atoms with E-state index in [4.69, 9.17) is 14.5 Å². The standard InChI is InChI=1S/C31H27N3O6S/c1-39-24-8-5-7-21(15-24)26(35)18-40-31(38)19-10-12-23(13-11-19)34-28(36)16-27(30(34)37)41-29-22(17-32)14-20-6-3-2-4-9-25(20)33-29/h5,7-8,10-15,27H,2-4,6,9,16,18H2,1H3. The summed E-state index contributed by atoms with van der Waals surface area (Å²) in [5, 5.41) is 9.47. The molecule has 1 fully saturated rings. The Bertz CT molecular complexity index is 1560. The first-order valence-electron chi connectivity index (χ1n) is 13.3. The number of ether oxygens (including phenoxy) is 2. The minimum atomic E-state index is -0.710. The lowest BCUT2D eigenvalue weighted by atomic mass is 10.1. The number of hydrogen-bond acceptors (Lipinski definition) is 9. The van der Waals surface area contributed by atoms with E-state index in [0.717, 1.165) is 60.0 Å². The van der Waals surface area contributed by atoms with E-state index < -0.39 is 23.7 Å². The molecule has 5 rings (SSSR count). The number of carbonyl (C=O) groups is 4. The molecule has 208 valence electrons. The van der Waals surface area contributed by atoms with Crippen LogP contribution in [0.5, 0.6) is 5.75 Å². The van der Waals surface area contributed by atoms with Crippen molar-refractivity contribution in [2.75, 3.05) is 18.6 Å². The fourth-order valence-corrected chi connectivity index (χ4v) is 6.00. The summed E-state index contributed by atoms with van der Waals surface area (Å²) in [4.78, 5) is 56.9. The Kier molecular flexibility index (Phi) is 8.45. The van der Waals surface area contributed by atoms with Gasteiger partial charge in [-0.25, -0.2) is 14.7 Å². The molecule has 3 aromatic rings. The summed E-state index contributed by atoms with van der Waals surface area (Å²) in [5.74, 6) is -1.35. The van der Waals surface area contributed by atoms with Gasteiger partial charge < -0.3 is 9.47 Å². The number of carbonyl (C=O) groups excluding carboxylic acids is 4. The van der Waals surface area contributed by atoms with Gasteiger partial charge in [0.25, 0.3) is 0 Å². The van der Waals surface area contributed by atoms with Crippen LogP contribution in [0.25, 0.3) is 0 Å². The van der Waals surface area contributed by atoms with E-state index in [1.807, 2.05) is 6.07 Å². The van der Waals surface area contributed by atoms with Crippen molar-refractivity contribution in [3.8, 4) is 11.8 Å². The molecule has 1 atom stereocenters. The van der Waals surface area contributed by atoms with Gasteiger partial charge in [0, 0.05) is 17.7 Å². The highest BCUT2D eigenvalue weighted by molar-refractivity contribution is 8.00. The summed E-state index contributed by atoms with van der Waals surface area (Å²) in [5.41, 5.74) is 3.32. The van der Waals surface area contributed by atoms with Crippen LogP contribution in [-0.2, 0) is 27.2 Å². The van der Waals surface area contributed by atoms with E-state index in [-0.39, 0.29) is 23.7 Å². The number of methoxy groups -OCH3 is 1. The lowest BCUT2D eigenvalue weighted by Gasteiger charge is -2.16. The lowest BCUT2D eigenvalue weighted by molar-refractivity contribution is -0.121. The molecule has 0 saturated carbocycles. The number of imide groups is 1. The molecule has 2 aromatic carbocycles. The Hall–Kier alpha value is -4.49. The number of ketones is 1. The van der Waals surface area contributed by atoms with Gasteiger partial charge in [0.2, 0.25) is 11.8 Å². The van der Waals surface area contributed by atoms with E-state index in [0.29, 0.717) is 27.6 Å². The molecule has 1 saturated heterocycles. The zero-order valence-corrected chi connectivity index (χ0v) is 23.2. The number of amides is 2. The molecule has 10 heteroatoms. The number of Topliss-reactive ketones (excluding diaryl/α,β-unsaturated/α-hetero) is 1. The number of aromatic nitrogens is 1. The van der Waals surface area contributed by atoms with Crippen molar-refractivity contribution >= 4 is 41.0 Å². The SMILES string of the molecule is COc1cccc(C(=O)COC(=O)c2ccc(N3C(=O)CC(Sc4nc5c(cc4C#N)CCCCC5)C3=O)cc2)c1. The Morgan fingerprint density at radius 1 is 1.05 bits per heavy atom. The van der Waals surface area contributed by atoms with Crippen LogP contribution in [0.4, 0.5) is 5.69 Å². The van der Waals surface area contributed by atoms with Gasteiger partial charge in [-0.1, -0.05) is 30.3 Å². The van der Waals surface area contributed by atoms with Gasteiger partial charge >= 0.3 is 5.97 Å². The second-order valence-electron chi connectivity index (χ2n) is 9.78. The molecule has 1 unspecified atom stereocenters. The lowest BCUT2D eigenvalue weighted by Crippen LogP contribution is -2.31. The molecule has 0 spiro atoms. The fourth-order valence-electron chi connectivity index (χ4n) is 4.90. The average Bonchev–Trinajstić information content (AvgIpc) is 3.13. The van der Waals surface area contributed by atoms with Crippen molar-refractivity contribution < 1.29 is 28.7 Å². The Labute approximate surface area is 241 Å². The molecule has 0 bridgehead atoms. The van der Waals surface area contributed by atoms with Crippen molar-refractivity contribution in [3.05, 3.63) is 82.5 Å². The van der Waals surface area contributed by atoms with Gasteiger partial charge in [-0.15, -0.1) is 0 Å². The van der Waals surface area contributed by atoms with Crippen LogP contribution < -0.4 is 9.64 Å². The van der Waals surface area contributed by atoms with Crippen molar-refractivity contribution in [3.63, 3.8) is 0 Å². The van der Waals surface area contributed by atoms with Gasteiger partial charge in [-0.3, -0.25) is 14.4 Å². The van der Waals surface area contributed by atoms with E-state index in [1.165, 1.54) is 31.4 Å². The second kappa shape index (κ2) is 12.4. The maximum absolute atomic E-state index is 13.3. The first-order valence-corrected chi connectivity index (χ1v) is 14.2. The smallest absolute Gasteiger partial charge is 0.338 e. The molecule has 41 heavy (non-hydrogen) atoms. The maximum Gasteiger partial charge on any atom is 0.338 e. The van der Waals surface area contributed by atoms with E-state index in [2.05, 4.69) is 6.07 Å². The maximum atomic E-state index is 13.3. The number of anilines is 1. The number of benzene rings is 2.